The van der Waals surface area contributed by atoms with Crippen molar-refractivity contribution in [1.29, 1.82) is 0 Å². The van der Waals surface area contributed by atoms with Crippen LogP contribution in [0.2, 0.25) is 0 Å². The Labute approximate surface area is 138 Å². The van der Waals surface area contributed by atoms with E-state index in [0.717, 1.165) is 15.2 Å². The fraction of sp³-hybridized carbons (Fsp3) is 0.417. The third-order valence-electron chi connectivity index (χ3n) is 2.62. The van der Waals surface area contributed by atoms with Crippen molar-refractivity contribution in [2.45, 2.75) is 24.4 Å². The molecule has 0 saturated carbocycles. The highest BCUT2D eigenvalue weighted by molar-refractivity contribution is 9.11. The van der Waals surface area contributed by atoms with Crippen molar-refractivity contribution in [3.63, 3.8) is 0 Å². The van der Waals surface area contributed by atoms with Gasteiger partial charge in [0.05, 0.1) is 18.5 Å². The minimum absolute atomic E-state index is 0.632. The average Bonchev–Trinajstić information content (AvgIpc) is 2.46. The quantitative estimate of drug-likeness (QED) is 0.269. The number of aliphatic hydroxyl groups excluding tert-OH is 5. The van der Waals surface area contributed by atoms with E-state index in [1.165, 1.54) is 0 Å². The number of aliphatic hydroxyl groups is 5. The van der Waals surface area contributed by atoms with Crippen molar-refractivity contribution < 1.29 is 25.5 Å². The monoisotopic (exact) mass is 426 g/mol. The van der Waals surface area contributed by atoms with E-state index in [1.54, 1.807) is 18.2 Å². The van der Waals surface area contributed by atoms with Gasteiger partial charge in [-0.25, -0.2) is 0 Å². The Morgan fingerprint density at radius 1 is 1.14 bits per heavy atom. The first-order chi connectivity index (χ1) is 9.86. The van der Waals surface area contributed by atoms with E-state index in [9.17, 15) is 15.3 Å². The highest BCUT2D eigenvalue weighted by Crippen LogP contribution is 2.25. The van der Waals surface area contributed by atoms with E-state index < -0.39 is 31.0 Å². The number of benzene rings is 1. The first-order valence-corrected chi connectivity index (χ1v) is 7.52. The van der Waals surface area contributed by atoms with E-state index in [-0.39, 0.29) is 0 Å². The number of anilines is 1. The predicted octanol–water partition coefficient (Wildman–Crippen LogP) is 0.0452. The summed E-state index contributed by atoms with van der Waals surface area (Å²) in [6, 6.07) is 5.32. The highest BCUT2D eigenvalue weighted by Gasteiger charge is 2.29. The molecule has 6 N–H and O–H groups in total. The molecule has 118 valence electrons. The molecule has 0 saturated heterocycles. The molecule has 0 unspecified atom stereocenters. The average molecular weight is 428 g/mol. The van der Waals surface area contributed by atoms with Crippen molar-refractivity contribution in [3.05, 3.63) is 27.1 Å². The SMILES string of the molecule is OC[C@@H](O)[C@H](O)[C@H](O)[C@@H](O)/C=N/Nc1ccc(Br)cc1Br. The van der Waals surface area contributed by atoms with E-state index in [2.05, 4.69) is 42.4 Å². The summed E-state index contributed by atoms with van der Waals surface area (Å²) in [5.74, 6) is 0. The maximum atomic E-state index is 9.61. The molecule has 4 atom stereocenters. The smallest absolute Gasteiger partial charge is 0.119 e. The lowest BCUT2D eigenvalue weighted by Gasteiger charge is -2.23. The number of hydrazone groups is 1. The second-order valence-electron chi connectivity index (χ2n) is 4.24. The standard InChI is InChI=1S/C12H16Br2N2O5/c13-6-1-2-8(7(14)3-6)16-15-4-9(18)11(20)12(21)10(19)5-17/h1-4,9-12,16-21H,5H2/b15-4+/t9-,10+,11+,12-/m0/s1. The van der Waals surface area contributed by atoms with E-state index in [1.807, 2.05) is 0 Å². The first-order valence-electron chi connectivity index (χ1n) is 5.94. The first kappa shape index (κ1) is 18.5. The normalized spacial score (nSPS) is 17.5. The minimum atomic E-state index is -1.68. The van der Waals surface area contributed by atoms with Gasteiger partial charge in [-0.2, -0.15) is 5.10 Å². The summed E-state index contributed by atoms with van der Waals surface area (Å²) >= 11 is 6.62. The molecule has 0 spiro atoms. The summed E-state index contributed by atoms with van der Waals surface area (Å²) in [6.07, 6.45) is -5.44. The van der Waals surface area contributed by atoms with Crippen molar-refractivity contribution >= 4 is 43.8 Å². The van der Waals surface area contributed by atoms with Gasteiger partial charge in [-0.05, 0) is 34.1 Å². The minimum Gasteiger partial charge on any atom is -0.394 e. The maximum Gasteiger partial charge on any atom is 0.119 e. The van der Waals surface area contributed by atoms with Crippen LogP contribution in [0.25, 0.3) is 0 Å². The molecule has 1 aromatic rings. The molecule has 0 aliphatic carbocycles. The number of hydrogen-bond acceptors (Lipinski definition) is 7. The lowest BCUT2D eigenvalue weighted by Crippen LogP contribution is -2.46. The zero-order valence-corrected chi connectivity index (χ0v) is 13.9. The number of nitrogens with one attached hydrogen (secondary N) is 1. The second-order valence-corrected chi connectivity index (χ2v) is 6.01. The van der Waals surface area contributed by atoms with Gasteiger partial charge in [0.1, 0.15) is 24.4 Å². The molecule has 1 aromatic carbocycles. The number of halogens is 2. The third-order valence-corrected chi connectivity index (χ3v) is 3.77. The fourth-order valence-corrected chi connectivity index (χ4v) is 2.52. The van der Waals surface area contributed by atoms with Gasteiger partial charge in [0, 0.05) is 8.95 Å². The van der Waals surface area contributed by atoms with E-state index in [0.29, 0.717) is 5.69 Å². The molecule has 0 heterocycles. The molecule has 7 nitrogen and oxygen atoms in total. The van der Waals surface area contributed by atoms with Crippen molar-refractivity contribution in [2.75, 3.05) is 12.0 Å². The molecular weight excluding hydrogens is 412 g/mol. The van der Waals surface area contributed by atoms with Crippen LogP contribution in [-0.2, 0) is 0 Å². The summed E-state index contributed by atoms with van der Waals surface area (Å²) in [5.41, 5.74) is 3.28. The Kier molecular flexibility index (Phi) is 7.74. The molecule has 0 bridgehead atoms. The van der Waals surface area contributed by atoms with Gasteiger partial charge in [0.2, 0.25) is 0 Å². The van der Waals surface area contributed by atoms with Crippen LogP contribution in [0.5, 0.6) is 0 Å². The molecule has 0 amide bonds. The molecule has 1 rings (SSSR count). The van der Waals surface area contributed by atoms with Gasteiger partial charge in [-0.3, -0.25) is 5.43 Å². The number of rotatable bonds is 7. The van der Waals surface area contributed by atoms with Crippen molar-refractivity contribution in [1.82, 2.24) is 0 Å². The highest BCUT2D eigenvalue weighted by atomic mass is 79.9. The Balaban J connectivity index is 2.59. The zero-order chi connectivity index (χ0) is 16.0. The van der Waals surface area contributed by atoms with Crippen LogP contribution >= 0.6 is 31.9 Å². The molecule has 21 heavy (non-hydrogen) atoms. The molecule has 0 aliphatic heterocycles. The van der Waals surface area contributed by atoms with Gasteiger partial charge in [0.25, 0.3) is 0 Å². The molecule has 0 aromatic heterocycles. The van der Waals surface area contributed by atoms with E-state index in [4.69, 9.17) is 10.2 Å². The molecule has 0 radical (unpaired) electrons. The van der Waals surface area contributed by atoms with Crippen LogP contribution < -0.4 is 5.43 Å². The summed E-state index contributed by atoms with van der Waals surface area (Å²) in [4.78, 5) is 0. The topological polar surface area (TPSA) is 126 Å². The molecular formula is C12H16Br2N2O5. The van der Waals surface area contributed by atoms with Gasteiger partial charge >= 0.3 is 0 Å². The van der Waals surface area contributed by atoms with E-state index >= 15 is 0 Å². The summed E-state index contributed by atoms with van der Waals surface area (Å²) < 4.78 is 1.61. The number of hydrogen-bond donors (Lipinski definition) is 6. The van der Waals surface area contributed by atoms with Crippen molar-refractivity contribution in [3.8, 4) is 0 Å². The molecule has 0 aliphatic rings. The van der Waals surface area contributed by atoms with Crippen LogP contribution in [0.15, 0.2) is 32.2 Å². The summed E-state index contributed by atoms with van der Waals surface area (Å²) in [6.45, 7) is -0.730. The van der Waals surface area contributed by atoms with Gasteiger partial charge in [-0.15, -0.1) is 0 Å². The molecule has 0 fully saturated rings. The summed E-state index contributed by atoms with van der Waals surface area (Å²) in [5, 5.41) is 50.2. The van der Waals surface area contributed by atoms with Crippen LogP contribution in [0.3, 0.4) is 0 Å². The Bertz CT molecular complexity index is 489. The Morgan fingerprint density at radius 2 is 1.81 bits per heavy atom. The van der Waals surface area contributed by atoms with Gasteiger partial charge in [0.15, 0.2) is 0 Å². The fourth-order valence-electron chi connectivity index (χ4n) is 1.39. The van der Waals surface area contributed by atoms with Crippen molar-refractivity contribution in [2.24, 2.45) is 5.10 Å². The largest absolute Gasteiger partial charge is 0.394 e. The number of nitrogens with zero attached hydrogens (tertiary/aromatic N) is 1. The van der Waals surface area contributed by atoms with Crippen LogP contribution in [-0.4, -0.2) is 62.8 Å². The zero-order valence-electron chi connectivity index (χ0n) is 10.8. The Hall–Kier alpha value is -0.550. The Morgan fingerprint density at radius 3 is 2.38 bits per heavy atom. The van der Waals surface area contributed by atoms with Crippen LogP contribution in [0.1, 0.15) is 0 Å². The lowest BCUT2D eigenvalue weighted by atomic mass is 10.0. The maximum absolute atomic E-state index is 9.61. The van der Waals surface area contributed by atoms with Crippen LogP contribution in [0, 0.1) is 0 Å². The van der Waals surface area contributed by atoms with Crippen LogP contribution in [0.4, 0.5) is 5.69 Å². The third kappa shape index (κ3) is 5.62. The van der Waals surface area contributed by atoms with Gasteiger partial charge in [-0.1, -0.05) is 15.9 Å². The lowest BCUT2D eigenvalue weighted by molar-refractivity contribution is -0.0999. The predicted molar refractivity (Wildman–Crippen MR) is 85.1 cm³/mol. The second kappa shape index (κ2) is 8.79. The molecule has 9 heteroatoms. The summed E-state index contributed by atoms with van der Waals surface area (Å²) in [7, 11) is 0. The van der Waals surface area contributed by atoms with Gasteiger partial charge < -0.3 is 25.5 Å².